The van der Waals surface area contributed by atoms with Gasteiger partial charge in [0, 0.05) is 43.9 Å². The summed E-state index contributed by atoms with van der Waals surface area (Å²) in [5.41, 5.74) is 4.12. The number of allylic oxidation sites excluding steroid dienone is 2. The predicted octanol–water partition coefficient (Wildman–Crippen LogP) is 1.96. The summed E-state index contributed by atoms with van der Waals surface area (Å²) in [5, 5.41) is 0. The van der Waals surface area contributed by atoms with E-state index in [1.165, 1.54) is 16.8 Å². The SMILES string of the molecule is CN1CCN2C=C(c3ccncc3)CC=C2C1. The van der Waals surface area contributed by atoms with Crippen molar-refractivity contribution in [3.63, 3.8) is 0 Å². The quantitative estimate of drug-likeness (QED) is 0.731. The molecule has 3 rings (SSSR count). The monoisotopic (exact) mass is 227 g/mol. The lowest BCUT2D eigenvalue weighted by Crippen LogP contribution is -2.41. The molecule has 0 unspecified atom stereocenters. The molecule has 2 aliphatic rings. The molecule has 0 atom stereocenters. The third-order valence-electron chi connectivity index (χ3n) is 3.44. The summed E-state index contributed by atoms with van der Waals surface area (Å²) in [5.74, 6) is 0. The number of hydrogen-bond acceptors (Lipinski definition) is 3. The molecule has 17 heavy (non-hydrogen) atoms. The van der Waals surface area contributed by atoms with Crippen molar-refractivity contribution in [2.24, 2.45) is 0 Å². The fourth-order valence-corrected chi connectivity index (χ4v) is 2.42. The second kappa shape index (κ2) is 4.34. The van der Waals surface area contributed by atoms with Crippen molar-refractivity contribution in [2.75, 3.05) is 26.7 Å². The van der Waals surface area contributed by atoms with Crippen molar-refractivity contribution in [2.45, 2.75) is 6.42 Å². The molecule has 0 saturated carbocycles. The van der Waals surface area contributed by atoms with Gasteiger partial charge in [-0.1, -0.05) is 6.08 Å². The molecule has 3 heteroatoms. The zero-order valence-corrected chi connectivity index (χ0v) is 10.1. The zero-order valence-electron chi connectivity index (χ0n) is 10.1. The first-order valence-electron chi connectivity index (χ1n) is 6.08. The highest BCUT2D eigenvalue weighted by Gasteiger charge is 2.20. The van der Waals surface area contributed by atoms with Crippen molar-refractivity contribution < 1.29 is 0 Å². The lowest BCUT2D eigenvalue weighted by molar-refractivity contribution is 0.243. The number of nitrogens with zero attached hydrogens (tertiary/aromatic N) is 3. The lowest BCUT2D eigenvalue weighted by atomic mass is 10.0. The van der Waals surface area contributed by atoms with Crippen LogP contribution < -0.4 is 0 Å². The van der Waals surface area contributed by atoms with Crippen LogP contribution in [-0.4, -0.2) is 41.5 Å². The molecule has 2 aliphatic heterocycles. The van der Waals surface area contributed by atoms with E-state index in [-0.39, 0.29) is 0 Å². The van der Waals surface area contributed by atoms with E-state index in [9.17, 15) is 0 Å². The van der Waals surface area contributed by atoms with E-state index in [1.807, 2.05) is 12.4 Å². The Hall–Kier alpha value is -1.61. The highest BCUT2D eigenvalue weighted by atomic mass is 15.2. The highest BCUT2D eigenvalue weighted by molar-refractivity contribution is 5.67. The van der Waals surface area contributed by atoms with Crippen molar-refractivity contribution in [3.8, 4) is 0 Å². The van der Waals surface area contributed by atoms with E-state index in [4.69, 9.17) is 0 Å². The van der Waals surface area contributed by atoms with Gasteiger partial charge in [-0.25, -0.2) is 0 Å². The molecule has 3 nitrogen and oxygen atoms in total. The first-order valence-corrected chi connectivity index (χ1v) is 6.08. The fraction of sp³-hybridized carbons (Fsp3) is 0.357. The van der Waals surface area contributed by atoms with Gasteiger partial charge in [0.05, 0.1) is 0 Å². The van der Waals surface area contributed by atoms with Crippen LogP contribution in [0.25, 0.3) is 5.57 Å². The number of likely N-dealkylation sites (N-methyl/N-ethyl adjacent to an activating group) is 1. The first kappa shape index (κ1) is 10.5. The second-order valence-electron chi connectivity index (χ2n) is 4.72. The molecule has 1 saturated heterocycles. The molecule has 0 aromatic carbocycles. The molecule has 0 spiro atoms. The van der Waals surface area contributed by atoms with E-state index < -0.39 is 0 Å². The van der Waals surface area contributed by atoms with E-state index in [0.717, 1.165) is 26.1 Å². The van der Waals surface area contributed by atoms with Crippen LogP contribution in [0.2, 0.25) is 0 Å². The van der Waals surface area contributed by atoms with Crippen LogP contribution in [0.1, 0.15) is 12.0 Å². The molecule has 1 fully saturated rings. The van der Waals surface area contributed by atoms with E-state index >= 15 is 0 Å². The molecule has 88 valence electrons. The van der Waals surface area contributed by atoms with Crippen LogP contribution in [-0.2, 0) is 0 Å². The van der Waals surface area contributed by atoms with Crippen molar-refractivity contribution >= 4 is 5.57 Å². The van der Waals surface area contributed by atoms with Gasteiger partial charge in [0.25, 0.3) is 0 Å². The predicted molar refractivity (Wildman–Crippen MR) is 69.1 cm³/mol. The number of pyridine rings is 1. The Morgan fingerprint density at radius 2 is 2.00 bits per heavy atom. The number of rotatable bonds is 1. The molecular weight excluding hydrogens is 210 g/mol. The summed E-state index contributed by atoms with van der Waals surface area (Å²) >= 11 is 0. The highest BCUT2D eigenvalue weighted by Crippen LogP contribution is 2.27. The zero-order chi connectivity index (χ0) is 11.7. The Morgan fingerprint density at radius 1 is 1.18 bits per heavy atom. The van der Waals surface area contributed by atoms with Crippen LogP contribution in [0.15, 0.2) is 42.5 Å². The minimum atomic E-state index is 1.03. The summed E-state index contributed by atoms with van der Waals surface area (Å²) in [7, 11) is 2.18. The van der Waals surface area contributed by atoms with Gasteiger partial charge in [-0.3, -0.25) is 9.88 Å². The molecule has 1 aromatic rings. The third-order valence-corrected chi connectivity index (χ3v) is 3.44. The van der Waals surface area contributed by atoms with Gasteiger partial charge in [-0.15, -0.1) is 0 Å². The standard InChI is InChI=1S/C14H17N3/c1-16-8-9-17-10-13(2-3-14(17)11-16)12-4-6-15-7-5-12/h3-7,10H,2,8-9,11H2,1H3. The largest absolute Gasteiger partial charge is 0.349 e. The fourth-order valence-electron chi connectivity index (χ4n) is 2.42. The second-order valence-corrected chi connectivity index (χ2v) is 4.72. The maximum atomic E-state index is 4.07. The molecule has 0 amide bonds. The van der Waals surface area contributed by atoms with E-state index in [2.05, 4.69) is 46.2 Å². The lowest BCUT2D eigenvalue weighted by Gasteiger charge is -2.37. The number of fused-ring (bicyclic) bond motifs is 1. The summed E-state index contributed by atoms with van der Waals surface area (Å²) in [4.78, 5) is 8.83. The molecule has 0 bridgehead atoms. The van der Waals surface area contributed by atoms with Crippen LogP contribution in [0.3, 0.4) is 0 Å². The maximum absolute atomic E-state index is 4.07. The summed E-state index contributed by atoms with van der Waals surface area (Å²) in [6.07, 6.45) is 9.41. The van der Waals surface area contributed by atoms with Gasteiger partial charge >= 0.3 is 0 Å². The van der Waals surface area contributed by atoms with Crippen molar-refractivity contribution in [1.82, 2.24) is 14.8 Å². The van der Waals surface area contributed by atoms with Gasteiger partial charge in [0.15, 0.2) is 0 Å². The molecule has 0 N–H and O–H groups in total. The number of aromatic nitrogens is 1. The Labute approximate surface area is 102 Å². The maximum Gasteiger partial charge on any atom is 0.0381 e. The molecular formula is C14H17N3. The normalized spacial score (nSPS) is 20.6. The van der Waals surface area contributed by atoms with Crippen molar-refractivity contribution in [3.05, 3.63) is 48.1 Å². The minimum absolute atomic E-state index is 1.03. The van der Waals surface area contributed by atoms with Crippen LogP contribution in [0, 0.1) is 0 Å². The Bertz CT molecular complexity index is 462. The van der Waals surface area contributed by atoms with Crippen LogP contribution in [0.5, 0.6) is 0 Å². The topological polar surface area (TPSA) is 19.4 Å². The first-order chi connectivity index (χ1) is 8.33. The number of hydrogen-bond donors (Lipinski definition) is 0. The van der Waals surface area contributed by atoms with Gasteiger partial charge in [0.1, 0.15) is 0 Å². The summed E-state index contributed by atoms with van der Waals surface area (Å²) in [6.45, 7) is 3.30. The van der Waals surface area contributed by atoms with Gasteiger partial charge in [-0.05, 0) is 36.7 Å². The molecule has 0 radical (unpaired) electrons. The van der Waals surface area contributed by atoms with Gasteiger partial charge in [0.2, 0.25) is 0 Å². The Kier molecular flexibility index (Phi) is 2.69. The summed E-state index contributed by atoms with van der Waals surface area (Å²) < 4.78 is 0. The summed E-state index contributed by atoms with van der Waals surface area (Å²) in [6, 6.07) is 4.17. The third kappa shape index (κ3) is 2.11. The minimum Gasteiger partial charge on any atom is -0.349 e. The Balaban J connectivity index is 1.83. The molecule has 0 aliphatic carbocycles. The van der Waals surface area contributed by atoms with Gasteiger partial charge < -0.3 is 4.90 Å². The molecule has 1 aromatic heterocycles. The van der Waals surface area contributed by atoms with E-state index in [1.54, 1.807) is 0 Å². The van der Waals surface area contributed by atoms with Crippen LogP contribution >= 0.6 is 0 Å². The van der Waals surface area contributed by atoms with Crippen LogP contribution in [0.4, 0.5) is 0 Å². The average molecular weight is 227 g/mol. The molecule has 3 heterocycles. The van der Waals surface area contributed by atoms with Gasteiger partial charge in [-0.2, -0.15) is 0 Å². The van der Waals surface area contributed by atoms with Crippen molar-refractivity contribution in [1.29, 1.82) is 0 Å². The smallest absolute Gasteiger partial charge is 0.0381 e. The van der Waals surface area contributed by atoms with E-state index in [0.29, 0.717) is 0 Å². The number of piperazine rings is 1. The Morgan fingerprint density at radius 3 is 2.82 bits per heavy atom. The average Bonchev–Trinajstić information content (AvgIpc) is 2.39.